The van der Waals surface area contributed by atoms with Gasteiger partial charge in [-0.15, -0.1) is 11.6 Å². The van der Waals surface area contributed by atoms with Crippen LogP contribution in [-0.4, -0.2) is 28.5 Å². The number of carboxylic acids is 1. The number of carbonyl (C=O) groups is 2. The minimum atomic E-state index is -0.883. The number of ether oxygens (including phenoxy) is 1. The van der Waals surface area contributed by atoms with Crippen LogP contribution in [0.25, 0.3) is 0 Å². The molecule has 1 aliphatic heterocycles. The number of rotatable bonds is 1. The van der Waals surface area contributed by atoms with Crippen LogP contribution in [0.3, 0.4) is 0 Å². The summed E-state index contributed by atoms with van der Waals surface area (Å²) in [5.74, 6) is -2.23. The van der Waals surface area contributed by atoms with Crippen LogP contribution in [0, 0.1) is 29.1 Å². The zero-order valence-electron chi connectivity index (χ0n) is 8.43. The lowest BCUT2D eigenvalue weighted by molar-refractivity contribution is -0.151. The topological polar surface area (TPSA) is 63.6 Å². The van der Waals surface area contributed by atoms with Crippen molar-refractivity contribution in [3.8, 4) is 0 Å². The lowest BCUT2D eigenvalue weighted by Crippen LogP contribution is -2.38. The van der Waals surface area contributed by atoms with Crippen LogP contribution in [-0.2, 0) is 14.3 Å². The second-order valence-electron chi connectivity index (χ2n) is 5.52. The van der Waals surface area contributed by atoms with E-state index >= 15 is 0 Å². The summed E-state index contributed by atoms with van der Waals surface area (Å²) in [5, 5.41) is 8.99. The monoisotopic (exact) mass is 242 g/mol. The first-order valence-corrected chi connectivity index (χ1v) is 6.09. The molecule has 3 aliphatic carbocycles. The van der Waals surface area contributed by atoms with Crippen LogP contribution in [0.2, 0.25) is 0 Å². The summed E-state index contributed by atoms with van der Waals surface area (Å²) in [7, 11) is 0. The number of halogens is 1. The Morgan fingerprint density at radius 3 is 2.69 bits per heavy atom. The molecule has 6 atom stereocenters. The van der Waals surface area contributed by atoms with Crippen LogP contribution in [0.1, 0.15) is 12.8 Å². The lowest BCUT2D eigenvalue weighted by Gasteiger charge is -2.24. The zero-order valence-corrected chi connectivity index (χ0v) is 9.18. The van der Waals surface area contributed by atoms with Gasteiger partial charge in [0.15, 0.2) is 0 Å². The van der Waals surface area contributed by atoms with Gasteiger partial charge >= 0.3 is 11.9 Å². The predicted molar refractivity (Wildman–Crippen MR) is 52.8 cm³/mol. The second kappa shape index (κ2) is 2.40. The molecule has 5 heteroatoms. The van der Waals surface area contributed by atoms with Crippen molar-refractivity contribution < 1.29 is 19.4 Å². The van der Waals surface area contributed by atoms with E-state index in [1.807, 2.05) is 0 Å². The van der Waals surface area contributed by atoms with Crippen molar-refractivity contribution in [2.24, 2.45) is 29.1 Å². The maximum atomic E-state index is 11.7. The Hall–Kier alpha value is -0.770. The van der Waals surface area contributed by atoms with Crippen LogP contribution in [0.15, 0.2) is 0 Å². The number of esters is 1. The molecule has 0 aromatic heterocycles. The highest BCUT2D eigenvalue weighted by atomic mass is 35.5. The molecule has 0 aromatic carbocycles. The average molecular weight is 243 g/mol. The smallest absolute Gasteiger partial charge is 0.310 e. The van der Waals surface area contributed by atoms with Gasteiger partial charge in [0, 0.05) is 5.92 Å². The fourth-order valence-corrected chi connectivity index (χ4v) is 5.21. The van der Waals surface area contributed by atoms with Gasteiger partial charge in [-0.05, 0) is 24.2 Å². The van der Waals surface area contributed by atoms with Gasteiger partial charge < -0.3 is 9.84 Å². The first-order valence-electron chi connectivity index (χ1n) is 5.65. The normalized spacial score (nSPS) is 54.4. The molecule has 16 heavy (non-hydrogen) atoms. The van der Waals surface area contributed by atoms with Gasteiger partial charge in [0.25, 0.3) is 0 Å². The first-order chi connectivity index (χ1) is 7.58. The van der Waals surface area contributed by atoms with Crippen molar-refractivity contribution in [1.82, 2.24) is 0 Å². The van der Waals surface area contributed by atoms with Gasteiger partial charge in [0.2, 0.25) is 0 Å². The quantitative estimate of drug-likeness (QED) is 0.548. The molecule has 3 saturated carbocycles. The molecule has 86 valence electrons. The molecule has 0 unspecified atom stereocenters. The van der Waals surface area contributed by atoms with E-state index in [-0.39, 0.29) is 34.7 Å². The summed E-state index contributed by atoms with van der Waals surface area (Å²) < 4.78 is 5.27. The molecule has 4 fully saturated rings. The Morgan fingerprint density at radius 1 is 1.44 bits per heavy atom. The van der Waals surface area contributed by atoms with Crippen LogP contribution >= 0.6 is 11.6 Å². The molecular weight excluding hydrogens is 232 g/mol. The molecule has 4 rings (SSSR count). The predicted octanol–water partition coefficient (Wildman–Crippen LogP) is 0.876. The Bertz CT molecular complexity index is 416. The van der Waals surface area contributed by atoms with Gasteiger partial charge in [-0.25, -0.2) is 0 Å². The Labute approximate surface area is 96.9 Å². The van der Waals surface area contributed by atoms with E-state index in [1.165, 1.54) is 0 Å². The summed E-state index contributed by atoms with van der Waals surface area (Å²) >= 11 is 6.29. The SMILES string of the molecule is O=C(O)[C@@H]1[C@@H]2C(=O)O[C@H]3[C@@H](Cl)[C@H]1C1(CC1)[C@H]32. The van der Waals surface area contributed by atoms with E-state index in [1.54, 1.807) is 0 Å². The third kappa shape index (κ3) is 0.725. The van der Waals surface area contributed by atoms with E-state index in [9.17, 15) is 14.7 Å². The van der Waals surface area contributed by atoms with Crippen molar-refractivity contribution in [3.63, 3.8) is 0 Å². The van der Waals surface area contributed by atoms with E-state index in [4.69, 9.17) is 16.3 Å². The fraction of sp³-hybridized carbons (Fsp3) is 0.818. The molecule has 4 aliphatic rings. The molecule has 4 nitrogen and oxygen atoms in total. The van der Waals surface area contributed by atoms with Crippen molar-refractivity contribution >= 4 is 23.5 Å². The summed E-state index contributed by atoms with van der Waals surface area (Å²) in [6.45, 7) is 0. The van der Waals surface area contributed by atoms with Gasteiger partial charge in [-0.1, -0.05) is 0 Å². The second-order valence-corrected chi connectivity index (χ2v) is 6.02. The maximum absolute atomic E-state index is 11.7. The van der Waals surface area contributed by atoms with Crippen LogP contribution in [0.5, 0.6) is 0 Å². The number of carbonyl (C=O) groups excluding carboxylic acids is 1. The molecule has 1 N–H and O–H groups in total. The third-order valence-corrected chi connectivity index (χ3v) is 5.66. The van der Waals surface area contributed by atoms with E-state index in [0.717, 1.165) is 12.8 Å². The van der Waals surface area contributed by atoms with Gasteiger partial charge in [0.1, 0.15) is 6.10 Å². The van der Waals surface area contributed by atoms with E-state index in [0.29, 0.717) is 0 Å². The lowest BCUT2D eigenvalue weighted by atomic mass is 9.80. The molecule has 0 radical (unpaired) electrons. The number of hydrogen-bond donors (Lipinski definition) is 1. The number of alkyl halides is 1. The Kier molecular flexibility index (Phi) is 1.39. The maximum Gasteiger partial charge on any atom is 0.310 e. The standard InChI is InChI=1S/C11H11ClO4/c12-7-5-3(9(13)14)4-6(11(5)1-2-11)8(7)16-10(4)15/h3-8H,1-2H2,(H,13,14)/t3-,4+,5+,6+,7+,8-/m1/s1. The number of aliphatic carboxylic acids is 1. The highest BCUT2D eigenvalue weighted by molar-refractivity contribution is 6.22. The number of carboxylic acid groups (broad SMARTS) is 1. The van der Waals surface area contributed by atoms with Gasteiger partial charge in [-0.2, -0.15) is 0 Å². The molecule has 1 spiro atoms. The van der Waals surface area contributed by atoms with E-state index < -0.39 is 17.8 Å². The Balaban J connectivity index is 1.89. The van der Waals surface area contributed by atoms with Crippen molar-refractivity contribution in [2.75, 3.05) is 0 Å². The largest absolute Gasteiger partial charge is 0.481 e. The first kappa shape index (κ1) is 9.28. The molecule has 0 aromatic rings. The molecule has 2 bridgehead atoms. The number of hydrogen-bond acceptors (Lipinski definition) is 3. The summed E-state index contributed by atoms with van der Waals surface area (Å²) in [6.07, 6.45) is 1.81. The molecule has 1 saturated heterocycles. The van der Waals surface area contributed by atoms with E-state index in [2.05, 4.69) is 0 Å². The van der Waals surface area contributed by atoms with Crippen LogP contribution < -0.4 is 0 Å². The summed E-state index contributed by atoms with van der Waals surface area (Å²) in [5.41, 5.74) is 0.0248. The highest BCUT2D eigenvalue weighted by Crippen LogP contribution is 2.77. The van der Waals surface area contributed by atoms with Crippen molar-refractivity contribution in [3.05, 3.63) is 0 Å². The van der Waals surface area contributed by atoms with Crippen LogP contribution in [0.4, 0.5) is 0 Å². The Morgan fingerprint density at radius 2 is 2.12 bits per heavy atom. The molecular formula is C11H11ClO4. The molecule has 1 heterocycles. The van der Waals surface area contributed by atoms with Crippen molar-refractivity contribution in [2.45, 2.75) is 24.3 Å². The van der Waals surface area contributed by atoms with Gasteiger partial charge in [0.05, 0.1) is 17.2 Å². The minimum absolute atomic E-state index is 0.0248. The highest BCUT2D eigenvalue weighted by Gasteiger charge is 2.81. The third-order valence-electron chi connectivity index (χ3n) is 5.14. The summed E-state index contributed by atoms with van der Waals surface area (Å²) in [6, 6.07) is 0. The molecule has 0 amide bonds. The van der Waals surface area contributed by atoms with Crippen molar-refractivity contribution in [1.29, 1.82) is 0 Å². The van der Waals surface area contributed by atoms with Gasteiger partial charge in [-0.3, -0.25) is 9.59 Å². The average Bonchev–Trinajstić information content (AvgIpc) is 2.80. The summed E-state index contributed by atoms with van der Waals surface area (Å²) in [4.78, 5) is 23.0. The minimum Gasteiger partial charge on any atom is -0.481 e. The zero-order chi connectivity index (χ0) is 11.2. The fourth-order valence-electron chi connectivity index (χ4n) is 4.60.